The molecule has 0 bridgehead atoms. The summed E-state index contributed by atoms with van der Waals surface area (Å²) in [4.78, 5) is 16.7. The summed E-state index contributed by atoms with van der Waals surface area (Å²) in [5.74, 6) is -0.0536. The lowest BCUT2D eigenvalue weighted by molar-refractivity contribution is -0.137. The fourth-order valence-corrected chi connectivity index (χ4v) is 7.44. The van der Waals surface area contributed by atoms with Crippen LogP contribution in [0.25, 0.3) is 11.1 Å². The van der Waals surface area contributed by atoms with Crippen LogP contribution in [-0.2, 0) is 27.8 Å². The Bertz CT molecular complexity index is 1930. The second kappa shape index (κ2) is 14.2. The molecule has 0 fully saturated rings. The van der Waals surface area contributed by atoms with E-state index < -0.39 is 22.1 Å². The Labute approximate surface area is 275 Å². The van der Waals surface area contributed by atoms with Gasteiger partial charge < -0.3 is 9.64 Å². The quantitative estimate of drug-likeness (QED) is 0.156. The van der Waals surface area contributed by atoms with Crippen LogP contribution in [0.1, 0.15) is 22.7 Å². The summed E-state index contributed by atoms with van der Waals surface area (Å²) in [5, 5.41) is 0. The monoisotopic (exact) mass is 646 g/mol. The van der Waals surface area contributed by atoms with E-state index in [1.807, 2.05) is 97.1 Å². The number of rotatable bonds is 9. The molecule has 0 spiro atoms. The number of ether oxygens (including phenoxy) is 1. The lowest BCUT2D eigenvalue weighted by Crippen LogP contribution is -2.53. The lowest BCUT2D eigenvalue weighted by Gasteiger charge is -2.39. The first-order valence-electron chi connectivity index (χ1n) is 15.4. The Balaban J connectivity index is 1.43. The number of carbonyl (C=O) groups excluding carboxylic acids is 1. The third kappa shape index (κ3) is 7.19. The smallest absolute Gasteiger partial charge is 0.244 e. The van der Waals surface area contributed by atoms with Crippen LogP contribution < -0.4 is 4.74 Å². The normalized spacial score (nSPS) is 17.9. The van der Waals surface area contributed by atoms with E-state index in [-0.39, 0.29) is 36.1 Å². The molecule has 0 radical (unpaired) electrons. The Kier molecular flexibility index (Phi) is 9.61. The lowest BCUT2D eigenvalue weighted by atomic mass is 9.98. The fraction of sp³-hybridized carbons (Fsp3) is 0.154. The van der Waals surface area contributed by atoms with Crippen molar-refractivity contribution in [3.05, 3.63) is 168 Å². The van der Waals surface area contributed by atoms with Crippen LogP contribution in [0.15, 0.2) is 151 Å². The second-order valence-corrected chi connectivity index (χ2v) is 13.3. The van der Waals surface area contributed by atoms with E-state index in [1.54, 1.807) is 48.4 Å². The average Bonchev–Trinajstić information content (AvgIpc) is 3.11. The minimum absolute atomic E-state index is 0.00303. The van der Waals surface area contributed by atoms with Gasteiger partial charge in [0.15, 0.2) is 0 Å². The van der Waals surface area contributed by atoms with Gasteiger partial charge in [0.05, 0.1) is 18.0 Å². The zero-order valence-electron chi connectivity index (χ0n) is 25.9. The zero-order valence-corrected chi connectivity index (χ0v) is 26.8. The maximum absolute atomic E-state index is 14.9. The van der Waals surface area contributed by atoms with E-state index in [4.69, 9.17) is 4.74 Å². The maximum atomic E-state index is 14.9. The van der Waals surface area contributed by atoms with Crippen molar-refractivity contribution in [1.82, 2.24) is 9.21 Å². The summed E-state index contributed by atoms with van der Waals surface area (Å²) < 4.78 is 49.4. The SMILES string of the molecule is COc1ccc([C@H]2/C=C\CN(S(=O)(=O)c3ccc(-c4ccccc4)cc3)[C@@H](Cc3ccccc3)C(=O)N2Cc2ccc(F)cc2)cc1. The molecular weight excluding hydrogens is 612 g/mol. The molecule has 1 amide bonds. The standard InChI is InChI=1S/C39H35FN2O4S/c1-46-35-22-16-33(17-23-35)37-13-8-26-42(47(44,45)36-24-18-32(19-25-36)31-11-6-3-7-12-31)38(27-29-9-4-2-5-10-29)39(43)41(37)28-30-14-20-34(40)21-15-30/h2-25,37-38H,26-28H2,1H3/b13-8-/t37-,38+/m1/s1. The van der Waals surface area contributed by atoms with E-state index in [0.717, 1.165) is 27.8 Å². The maximum Gasteiger partial charge on any atom is 0.244 e. The van der Waals surface area contributed by atoms with Gasteiger partial charge in [0.2, 0.25) is 15.9 Å². The summed E-state index contributed by atoms with van der Waals surface area (Å²) in [5.41, 5.74) is 4.25. The Morgan fingerprint density at radius 2 is 1.36 bits per heavy atom. The third-order valence-electron chi connectivity index (χ3n) is 8.42. The Morgan fingerprint density at radius 1 is 0.745 bits per heavy atom. The van der Waals surface area contributed by atoms with E-state index >= 15 is 0 Å². The highest BCUT2D eigenvalue weighted by Gasteiger charge is 2.40. The first-order chi connectivity index (χ1) is 22.8. The number of halogens is 1. The average molecular weight is 647 g/mol. The van der Waals surface area contributed by atoms with Crippen LogP contribution in [-0.4, -0.2) is 43.2 Å². The van der Waals surface area contributed by atoms with Crippen LogP contribution in [0.4, 0.5) is 4.39 Å². The molecule has 0 unspecified atom stereocenters. The van der Waals surface area contributed by atoms with Crippen molar-refractivity contribution in [2.24, 2.45) is 0 Å². The predicted molar refractivity (Wildman–Crippen MR) is 182 cm³/mol. The van der Waals surface area contributed by atoms with Crippen molar-refractivity contribution in [3.63, 3.8) is 0 Å². The molecule has 0 saturated heterocycles. The van der Waals surface area contributed by atoms with Crippen molar-refractivity contribution in [1.29, 1.82) is 0 Å². The van der Waals surface area contributed by atoms with Gasteiger partial charge in [-0.1, -0.05) is 109 Å². The summed E-state index contributed by atoms with van der Waals surface area (Å²) in [7, 11) is -2.54. The number of methoxy groups -OCH3 is 1. The second-order valence-electron chi connectivity index (χ2n) is 11.4. The molecule has 0 saturated carbocycles. The van der Waals surface area contributed by atoms with E-state index in [2.05, 4.69) is 0 Å². The molecule has 0 aromatic heterocycles. The van der Waals surface area contributed by atoms with Crippen molar-refractivity contribution >= 4 is 15.9 Å². The minimum atomic E-state index is -4.13. The van der Waals surface area contributed by atoms with Gasteiger partial charge in [0, 0.05) is 13.1 Å². The molecule has 0 N–H and O–H groups in total. The highest BCUT2D eigenvalue weighted by molar-refractivity contribution is 7.89. The van der Waals surface area contributed by atoms with Crippen LogP contribution in [0.3, 0.4) is 0 Å². The molecule has 6 nitrogen and oxygen atoms in total. The van der Waals surface area contributed by atoms with Crippen LogP contribution >= 0.6 is 0 Å². The Hall–Kier alpha value is -5.05. The van der Waals surface area contributed by atoms with Gasteiger partial charge in [0.1, 0.15) is 17.6 Å². The summed E-state index contributed by atoms with van der Waals surface area (Å²) in [6.07, 6.45) is 3.85. The van der Waals surface area contributed by atoms with E-state index in [9.17, 15) is 17.6 Å². The molecule has 2 atom stereocenters. The highest BCUT2D eigenvalue weighted by Crippen LogP contribution is 2.32. The molecule has 6 rings (SSSR count). The molecular formula is C39H35FN2O4S. The molecule has 1 aliphatic heterocycles. The minimum Gasteiger partial charge on any atom is -0.497 e. The number of carbonyl (C=O) groups is 1. The molecule has 1 aliphatic rings. The molecule has 47 heavy (non-hydrogen) atoms. The van der Waals surface area contributed by atoms with E-state index in [1.165, 1.54) is 16.4 Å². The summed E-state index contributed by atoms with van der Waals surface area (Å²) in [6, 6.07) is 37.8. The Morgan fingerprint density at radius 3 is 2.00 bits per heavy atom. The number of hydrogen-bond donors (Lipinski definition) is 0. The van der Waals surface area contributed by atoms with Crippen molar-refractivity contribution in [3.8, 4) is 16.9 Å². The van der Waals surface area contributed by atoms with Gasteiger partial charge in [0.25, 0.3) is 0 Å². The van der Waals surface area contributed by atoms with Crippen molar-refractivity contribution in [2.45, 2.75) is 29.9 Å². The van der Waals surface area contributed by atoms with Gasteiger partial charge in [-0.3, -0.25) is 4.79 Å². The van der Waals surface area contributed by atoms with Gasteiger partial charge in [-0.25, -0.2) is 12.8 Å². The molecule has 1 heterocycles. The summed E-state index contributed by atoms with van der Waals surface area (Å²) >= 11 is 0. The predicted octanol–water partition coefficient (Wildman–Crippen LogP) is 7.44. The number of amides is 1. The molecule has 238 valence electrons. The van der Waals surface area contributed by atoms with Crippen LogP contribution in [0.2, 0.25) is 0 Å². The topological polar surface area (TPSA) is 66.9 Å². The van der Waals surface area contributed by atoms with Gasteiger partial charge >= 0.3 is 0 Å². The van der Waals surface area contributed by atoms with Crippen LogP contribution in [0.5, 0.6) is 5.75 Å². The van der Waals surface area contributed by atoms with Crippen molar-refractivity contribution < 1.29 is 22.3 Å². The first-order valence-corrected chi connectivity index (χ1v) is 16.8. The van der Waals surface area contributed by atoms with Gasteiger partial charge in [-0.15, -0.1) is 0 Å². The highest BCUT2D eigenvalue weighted by atomic mass is 32.2. The van der Waals surface area contributed by atoms with Gasteiger partial charge in [-0.2, -0.15) is 4.31 Å². The van der Waals surface area contributed by atoms with Crippen LogP contribution in [0, 0.1) is 5.82 Å². The largest absolute Gasteiger partial charge is 0.497 e. The first kappa shape index (κ1) is 31.9. The van der Waals surface area contributed by atoms with E-state index in [0.29, 0.717) is 5.75 Å². The number of benzene rings is 5. The molecule has 5 aromatic rings. The molecule has 8 heteroatoms. The number of hydrogen-bond acceptors (Lipinski definition) is 4. The van der Waals surface area contributed by atoms with Gasteiger partial charge in [-0.05, 0) is 70.6 Å². The third-order valence-corrected chi connectivity index (χ3v) is 10.3. The fourth-order valence-electron chi connectivity index (χ4n) is 5.91. The molecule has 0 aliphatic carbocycles. The number of nitrogens with zero attached hydrogens (tertiary/aromatic N) is 2. The number of sulfonamides is 1. The van der Waals surface area contributed by atoms with Crippen molar-refractivity contribution in [2.75, 3.05) is 13.7 Å². The summed E-state index contributed by atoms with van der Waals surface area (Å²) in [6.45, 7) is 0.147. The zero-order chi connectivity index (χ0) is 32.8. The molecule has 5 aromatic carbocycles.